The standard InChI is InChI=1S/C22H29N3O3/c1-15-4-6-19(7-5-15)14-28-22(27)25-10-8-18(9-11-25)13-23-21(26)20-12-16(2)24-17(20)3/h4-7,12,18,24H,8-11,13-14H2,1-3H3,(H,23,26). The van der Waals surface area contributed by atoms with Gasteiger partial charge in [0.15, 0.2) is 0 Å². The summed E-state index contributed by atoms with van der Waals surface area (Å²) in [6.45, 7) is 8.13. The van der Waals surface area contributed by atoms with Crippen molar-refractivity contribution in [3.05, 3.63) is 58.4 Å². The van der Waals surface area contributed by atoms with E-state index in [4.69, 9.17) is 4.74 Å². The monoisotopic (exact) mass is 383 g/mol. The third-order valence-electron chi connectivity index (χ3n) is 5.30. The first-order valence-corrected chi connectivity index (χ1v) is 9.84. The zero-order valence-corrected chi connectivity index (χ0v) is 16.9. The Bertz CT molecular complexity index is 818. The van der Waals surface area contributed by atoms with E-state index in [1.807, 2.05) is 51.1 Å². The number of H-pyrrole nitrogens is 1. The predicted molar refractivity (Wildman–Crippen MR) is 108 cm³/mol. The van der Waals surface area contributed by atoms with E-state index in [9.17, 15) is 9.59 Å². The Morgan fingerprint density at radius 3 is 2.43 bits per heavy atom. The highest BCUT2D eigenvalue weighted by Gasteiger charge is 2.24. The summed E-state index contributed by atoms with van der Waals surface area (Å²) >= 11 is 0. The number of nitrogens with one attached hydrogen (secondary N) is 2. The molecular weight excluding hydrogens is 354 g/mol. The Kier molecular flexibility index (Phi) is 6.39. The average molecular weight is 383 g/mol. The van der Waals surface area contributed by atoms with Gasteiger partial charge in [0, 0.05) is 31.0 Å². The van der Waals surface area contributed by atoms with Crippen molar-refractivity contribution in [2.24, 2.45) is 5.92 Å². The van der Waals surface area contributed by atoms with Crippen LogP contribution in [0.5, 0.6) is 0 Å². The average Bonchev–Trinajstić information content (AvgIpc) is 3.04. The van der Waals surface area contributed by atoms with Crippen LogP contribution in [0.25, 0.3) is 0 Å². The minimum absolute atomic E-state index is 0.0400. The minimum atomic E-state index is -0.263. The highest BCUT2D eigenvalue weighted by atomic mass is 16.6. The number of hydrogen-bond donors (Lipinski definition) is 2. The maximum absolute atomic E-state index is 12.3. The molecule has 1 aliphatic rings. The van der Waals surface area contributed by atoms with Crippen LogP contribution >= 0.6 is 0 Å². The number of aromatic nitrogens is 1. The Hall–Kier alpha value is -2.76. The molecule has 0 bridgehead atoms. The van der Waals surface area contributed by atoms with E-state index in [0.29, 0.717) is 37.7 Å². The first-order valence-electron chi connectivity index (χ1n) is 9.84. The van der Waals surface area contributed by atoms with Crippen molar-refractivity contribution >= 4 is 12.0 Å². The molecule has 1 aromatic heterocycles. The van der Waals surface area contributed by atoms with Crippen LogP contribution in [-0.4, -0.2) is 41.5 Å². The molecule has 1 aliphatic heterocycles. The van der Waals surface area contributed by atoms with Crippen molar-refractivity contribution in [2.75, 3.05) is 19.6 Å². The van der Waals surface area contributed by atoms with Gasteiger partial charge in [-0.25, -0.2) is 4.79 Å². The lowest BCUT2D eigenvalue weighted by atomic mass is 9.97. The summed E-state index contributed by atoms with van der Waals surface area (Å²) in [4.78, 5) is 29.5. The number of likely N-dealkylation sites (tertiary alicyclic amines) is 1. The highest BCUT2D eigenvalue weighted by molar-refractivity contribution is 5.95. The van der Waals surface area contributed by atoms with E-state index in [1.54, 1.807) is 4.90 Å². The number of rotatable bonds is 5. The number of hydrogen-bond acceptors (Lipinski definition) is 3. The van der Waals surface area contributed by atoms with Crippen molar-refractivity contribution in [3.8, 4) is 0 Å². The second-order valence-corrected chi connectivity index (χ2v) is 7.67. The Balaban J connectivity index is 1.39. The van der Waals surface area contributed by atoms with E-state index in [0.717, 1.165) is 29.8 Å². The number of aryl methyl sites for hydroxylation is 3. The zero-order chi connectivity index (χ0) is 20.1. The molecule has 0 spiro atoms. The van der Waals surface area contributed by atoms with E-state index in [2.05, 4.69) is 10.3 Å². The topological polar surface area (TPSA) is 74.4 Å². The van der Waals surface area contributed by atoms with Crippen LogP contribution in [0.15, 0.2) is 30.3 Å². The minimum Gasteiger partial charge on any atom is -0.445 e. The first-order chi connectivity index (χ1) is 13.4. The lowest BCUT2D eigenvalue weighted by Crippen LogP contribution is -2.41. The molecule has 2 N–H and O–H groups in total. The molecule has 1 fully saturated rings. The number of aromatic amines is 1. The smallest absolute Gasteiger partial charge is 0.410 e. The van der Waals surface area contributed by atoms with Crippen molar-refractivity contribution < 1.29 is 14.3 Å². The maximum atomic E-state index is 12.3. The quantitative estimate of drug-likeness (QED) is 0.826. The largest absolute Gasteiger partial charge is 0.445 e. The Morgan fingerprint density at radius 2 is 1.82 bits per heavy atom. The molecule has 3 rings (SSSR count). The summed E-state index contributed by atoms with van der Waals surface area (Å²) in [6, 6.07) is 9.85. The van der Waals surface area contributed by atoms with Gasteiger partial charge in [-0.15, -0.1) is 0 Å². The Labute approximate surface area is 166 Å². The molecular formula is C22H29N3O3. The van der Waals surface area contributed by atoms with E-state index < -0.39 is 0 Å². The maximum Gasteiger partial charge on any atom is 0.410 e. The molecule has 6 heteroatoms. The highest BCUT2D eigenvalue weighted by Crippen LogP contribution is 2.18. The van der Waals surface area contributed by atoms with Gasteiger partial charge >= 0.3 is 6.09 Å². The number of carbonyl (C=O) groups is 2. The third kappa shape index (κ3) is 5.15. The van der Waals surface area contributed by atoms with Gasteiger partial charge in [0.1, 0.15) is 6.61 Å². The van der Waals surface area contributed by atoms with Gasteiger partial charge in [-0.05, 0) is 51.2 Å². The van der Waals surface area contributed by atoms with Crippen LogP contribution < -0.4 is 5.32 Å². The van der Waals surface area contributed by atoms with Gasteiger partial charge in [-0.1, -0.05) is 29.8 Å². The number of ether oxygens (including phenoxy) is 1. The lowest BCUT2D eigenvalue weighted by molar-refractivity contribution is 0.0800. The molecule has 0 radical (unpaired) electrons. The molecule has 2 aromatic rings. The fraction of sp³-hybridized carbons (Fsp3) is 0.455. The second kappa shape index (κ2) is 8.95. The summed E-state index contributed by atoms with van der Waals surface area (Å²) in [5.74, 6) is 0.340. The fourth-order valence-corrected chi connectivity index (χ4v) is 3.53. The molecule has 0 saturated carbocycles. The van der Waals surface area contributed by atoms with Crippen LogP contribution in [-0.2, 0) is 11.3 Å². The van der Waals surface area contributed by atoms with Gasteiger partial charge in [0.05, 0.1) is 5.56 Å². The lowest BCUT2D eigenvalue weighted by Gasteiger charge is -2.31. The summed E-state index contributed by atoms with van der Waals surface area (Å²) in [7, 11) is 0. The van der Waals surface area contributed by atoms with Gasteiger partial charge < -0.3 is 19.9 Å². The molecule has 0 atom stereocenters. The fourth-order valence-electron chi connectivity index (χ4n) is 3.53. The van der Waals surface area contributed by atoms with Crippen LogP contribution in [0.3, 0.4) is 0 Å². The molecule has 6 nitrogen and oxygen atoms in total. The number of carbonyl (C=O) groups excluding carboxylic acids is 2. The van der Waals surface area contributed by atoms with Gasteiger partial charge in [-0.2, -0.15) is 0 Å². The summed E-state index contributed by atoms with van der Waals surface area (Å²) < 4.78 is 5.43. The molecule has 28 heavy (non-hydrogen) atoms. The summed E-state index contributed by atoms with van der Waals surface area (Å²) in [5, 5.41) is 3.02. The van der Waals surface area contributed by atoms with Crippen LogP contribution in [0.4, 0.5) is 4.79 Å². The summed E-state index contributed by atoms with van der Waals surface area (Å²) in [6.07, 6.45) is 1.47. The van der Waals surface area contributed by atoms with Crippen molar-refractivity contribution in [1.82, 2.24) is 15.2 Å². The van der Waals surface area contributed by atoms with Crippen LogP contribution in [0.1, 0.15) is 45.7 Å². The Morgan fingerprint density at radius 1 is 1.14 bits per heavy atom. The molecule has 1 aromatic carbocycles. The molecule has 150 valence electrons. The normalized spacial score (nSPS) is 14.8. The van der Waals surface area contributed by atoms with E-state index in [-0.39, 0.29) is 12.0 Å². The number of benzene rings is 1. The van der Waals surface area contributed by atoms with E-state index >= 15 is 0 Å². The van der Waals surface area contributed by atoms with Gasteiger partial charge in [0.25, 0.3) is 5.91 Å². The zero-order valence-electron chi connectivity index (χ0n) is 16.9. The SMILES string of the molecule is Cc1ccc(COC(=O)N2CCC(CNC(=O)c3cc(C)[nH]c3C)CC2)cc1. The van der Waals surface area contributed by atoms with Crippen LogP contribution in [0.2, 0.25) is 0 Å². The molecule has 2 amide bonds. The molecule has 0 unspecified atom stereocenters. The van der Waals surface area contributed by atoms with Crippen molar-refractivity contribution in [1.29, 1.82) is 0 Å². The van der Waals surface area contributed by atoms with Crippen LogP contribution in [0, 0.1) is 26.7 Å². The van der Waals surface area contributed by atoms with Gasteiger partial charge in [0.2, 0.25) is 0 Å². The first kappa shape index (κ1) is 20.0. The molecule has 1 saturated heterocycles. The summed E-state index contributed by atoms with van der Waals surface area (Å²) in [5.41, 5.74) is 4.76. The van der Waals surface area contributed by atoms with Gasteiger partial charge in [-0.3, -0.25) is 4.79 Å². The molecule has 0 aliphatic carbocycles. The van der Waals surface area contributed by atoms with E-state index in [1.165, 1.54) is 5.56 Å². The molecule has 2 heterocycles. The predicted octanol–water partition coefficient (Wildman–Crippen LogP) is 3.72. The number of amides is 2. The van der Waals surface area contributed by atoms with Crippen molar-refractivity contribution in [3.63, 3.8) is 0 Å². The third-order valence-corrected chi connectivity index (χ3v) is 5.30. The number of nitrogens with zero attached hydrogens (tertiary/aromatic N) is 1. The number of piperidine rings is 1. The van der Waals surface area contributed by atoms with Crippen molar-refractivity contribution in [2.45, 2.75) is 40.2 Å². The second-order valence-electron chi connectivity index (χ2n) is 7.67.